The van der Waals surface area contributed by atoms with Crippen LogP contribution in [0.25, 0.3) is 0 Å². The standard InChI is InChI=1S/C31H35ClF3N3O4S/c1-5-27(29(40)36-30(2,3)4)37(19-18-22-12-8-6-9-13-22)28(39)21-38(43(41,42)24-14-10-7-11-15-24)23-16-17-26(32)25(20-23)31(33,34)35/h6-17,20,27H,5,18-19,21H2,1-4H3,(H,36,40)/t27-/m1/s1. The van der Waals surface area contributed by atoms with E-state index in [1.807, 2.05) is 30.3 Å². The van der Waals surface area contributed by atoms with E-state index in [2.05, 4.69) is 5.32 Å². The summed E-state index contributed by atoms with van der Waals surface area (Å²) < 4.78 is 69.6. The van der Waals surface area contributed by atoms with E-state index in [4.69, 9.17) is 11.6 Å². The number of anilines is 1. The highest BCUT2D eigenvalue weighted by Crippen LogP contribution is 2.38. The molecule has 0 fully saturated rings. The number of benzene rings is 3. The molecule has 0 aromatic heterocycles. The van der Waals surface area contributed by atoms with E-state index in [0.29, 0.717) is 16.8 Å². The van der Waals surface area contributed by atoms with Crippen molar-refractivity contribution in [3.8, 4) is 0 Å². The highest BCUT2D eigenvalue weighted by atomic mass is 35.5. The maximum absolute atomic E-state index is 14.0. The Kier molecular flexibility index (Phi) is 10.9. The number of halogens is 4. The van der Waals surface area contributed by atoms with Crippen molar-refractivity contribution in [3.63, 3.8) is 0 Å². The van der Waals surface area contributed by atoms with Crippen LogP contribution in [0, 0.1) is 0 Å². The number of nitrogens with one attached hydrogen (secondary N) is 1. The van der Waals surface area contributed by atoms with Crippen molar-refractivity contribution in [1.82, 2.24) is 10.2 Å². The predicted molar refractivity (Wildman–Crippen MR) is 161 cm³/mol. The predicted octanol–water partition coefficient (Wildman–Crippen LogP) is 6.32. The fourth-order valence-corrected chi connectivity index (χ4v) is 6.13. The number of alkyl halides is 3. The molecule has 0 spiro atoms. The number of sulfonamides is 1. The van der Waals surface area contributed by atoms with Crippen LogP contribution < -0.4 is 9.62 Å². The maximum Gasteiger partial charge on any atom is 0.417 e. The fraction of sp³-hybridized carbons (Fsp3) is 0.355. The van der Waals surface area contributed by atoms with Crippen LogP contribution in [0.1, 0.15) is 45.2 Å². The smallest absolute Gasteiger partial charge is 0.350 e. The molecule has 0 unspecified atom stereocenters. The molecule has 2 amide bonds. The van der Waals surface area contributed by atoms with Crippen molar-refractivity contribution < 1.29 is 31.2 Å². The Morgan fingerprint density at radius 2 is 1.51 bits per heavy atom. The Balaban J connectivity index is 2.10. The van der Waals surface area contributed by atoms with Crippen LogP contribution in [0.5, 0.6) is 0 Å². The molecule has 0 aliphatic rings. The van der Waals surface area contributed by atoms with Crippen LogP contribution >= 0.6 is 11.6 Å². The lowest BCUT2D eigenvalue weighted by Crippen LogP contribution is -2.56. The minimum Gasteiger partial charge on any atom is -0.350 e. The van der Waals surface area contributed by atoms with Gasteiger partial charge in [-0.05, 0) is 69.5 Å². The van der Waals surface area contributed by atoms with Gasteiger partial charge in [0.05, 0.1) is 21.2 Å². The zero-order valence-corrected chi connectivity index (χ0v) is 25.9. The molecule has 0 aliphatic carbocycles. The molecule has 0 radical (unpaired) electrons. The van der Waals surface area contributed by atoms with Crippen LogP contribution in [0.15, 0.2) is 83.8 Å². The minimum absolute atomic E-state index is 0.0621. The van der Waals surface area contributed by atoms with Gasteiger partial charge in [0.2, 0.25) is 11.8 Å². The molecule has 232 valence electrons. The van der Waals surface area contributed by atoms with Crippen molar-refractivity contribution in [2.75, 3.05) is 17.4 Å². The van der Waals surface area contributed by atoms with Gasteiger partial charge in [-0.2, -0.15) is 13.2 Å². The summed E-state index contributed by atoms with van der Waals surface area (Å²) in [5.74, 6) is -1.19. The van der Waals surface area contributed by atoms with E-state index in [0.717, 1.165) is 17.7 Å². The van der Waals surface area contributed by atoms with Crippen LogP contribution in [-0.4, -0.2) is 49.8 Å². The normalized spacial score (nSPS) is 12.8. The number of nitrogens with zero attached hydrogens (tertiary/aromatic N) is 2. The number of amides is 2. The third kappa shape index (κ3) is 8.96. The average molecular weight is 638 g/mol. The van der Waals surface area contributed by atoms with Crippen molar-refractivity contribution in [1.29, 1.82) is 0 Å². The van der Waals surface area contributed by atoms with Gasteiger partial charge in [-0.25, -0.2) is 8.42 Å². The minimum atomic E-state index is -4.88. The van der Waals surface area contributed by atoms with Crippen LogP contribution in [-0.2, 0) is 32.2 Å². The molecule has 0 aliphatic heterocycles. The van der Waals surface area contributed by atoms with Gasteiger partial charge >= 0.3 is 6.18 Å². The molecule has 0 heterocycles. The summed E-state index contributed by atoms with van der Waals surface area (Å²) >= 11 is 5.81. The Hall–Kier alpha value is -3.57. The molecular weight excluding hydrogens is 603 g/mol. The Morgan fingerprint density at radius 1 is 0.930 bits per heavy atom. The Labute approximate surface area is 255 Å². The molecule has 1 atom stereocenters. The summed E-state index contributed by atoms with van der Waals surface area (Å²) in [6.07, 6.45) is -4.30. The number of rotatable bonds is 11. The zero-order valence-electron chi connectivity index (χ0n) is 24.4. The second-order valence-electron chi connectivity index (χ2n) is 11.0. The lowest BCUT2D eigenvalue weighted by molar-refractivity contribution is -0.140. The van der Waals surface area contributed by atoms with Crippen molar-refractivity contribution in [2.24, 2.45) is 0 Å². The molecule has 0 bridgehead atoms. The first kappa shape index (κ1) is 33.9. The molecular formula is C31H35ClF3N3O4S. The first-order valence-electron chi connectivity index (χ1n) is 13.6. The summed E-state index contributed by atoms with van der Waals surface area (Å²) in [5.41, 5.74) is -1.38. The van der Waals surface area contributed by atoms with Crippen molar-refractivity contribution in [3.05, 3.63) is 95.0 Å². The topological polar surface area (TPSA) is 86.8 Å². The fourth-order valence-electron chi connectivity index (χ4n) is 4.48. The molecule has 1 N–H and O–H groups in total. The monoisotopic (exact) mass is 637 g/mol. The number of carbonyl (C=O) groups is 2. The van der Waals surface area contributed by atoms with Gasteiger partial charge in [0, 0.05) is 12.1 Å². The third-order valence-corrected chi connectivity index (χ3v) is 8.64. The summed E-state index contributed by atoms with van der Waals surface area (Å²) in [7, 11) is -4.53. The first-order chi connectivity index (χ1) is 20.0. The van der Waals surface area contributed by atoms with Gasteiger partial charge < -0.3 is 10.2 Å². The van der Waals surface area contributed by atoms with E-state index in [1.165, 1.54) is 29.2 Å². The van der Waals surface area contributed by atoms with E-state index in [1.54, 1.807) is 33.8 Å². The van der Waals surface area contributed by atoms with Crippen molar-refractivity contribution in [2.45, 2.75) is 63.2 Å². The molecule has 12 heteroatoms. The van der Waals surface area contributed by atoms with Crippen LogP contribution in [0.4, 0.5) is 18.9 Å². The molecule has 0 saturated carbocycles. The number of hydrogen-bond donors (Lipinski definition) is 1. The molecule has 7 nitrogen and oxygen atoms in total. The van der Waals surface area contributed by atoms with Crippen LogP contribution in [0.2, 0.25) is 5.02 Å². The average Bonchev–Trinajstić information content (AvgIpc) is 2.93. The third-order valence-electron chi connectivity index (χ3n) is 6.52. The van der Waals surface area contributed by atoms with Gasteiger partial charge in [0.1, 0.15) is 12.6 Å². The second kappa shape index (κ2) is 13.8. The lowest BCUT2D eigenvalue weighted by Gasteiger charge is -2.35. The Bertz CT molecular complexity index is 1510. The lowest BCUT2D eigenvalue weighted by atomic mass is 10.1. The van der Waals surface area contributed by atoms with Gasteiger partial charge in [-0.15, -0.1) is 0 Å². The summed E-state index contributed by atoms with van der Waals surface area (Å²) in [6, 6.07) is 18.0. The molecule has 3 rings (SSSR count). The SMILES string of the molecule is CC[C@H](C(=O)NC(C)(C)C)N(CCc1ccccc1)C(=O)CN(c1ccc(Cl)c(C(F)(F)F)c1)S(=O)(=O)c1ccccc1. The van der Waals surface area contributed by atoms with E-state index in [-0.39, 0.29) is 17.9 Å². The van der Waals surface area contributed by atoms with Crippen LogP contribution in [0.3, 0.4) is 0 Å². The highest BCUT2D eigenvalue weighted by molar-refractivity contribution is 7.92. The maximum atomic E-state index is 14.0. The summed E-state index contributed by atoms with van der Waals surface area (Å²) in [4.78, 5) is 28.4. The van der Waals surface area contributed by atoms with Gasteiger partial charge in [0.15, 0.2) is 0 Å². The second-order valence-corrected chi connectivity index (χ2v) is 13.2. The molecule has 0 saturated heterocycles. The van der Waals surface area contributed by atoms with Gasteiger partial charge in [-0.3, -0.25) is 13.9 Å². The van der Waals surface area contributed by atoms with Gasteiger partial charge in [0.25, 0.3) is 10.0 Å². The van der Waals surface area contributed by atoms with E-state index >= 15 is 0 Å². The zero-order chi connectivity index (χ0) is 32.0. The largest absolute Gasteiger partial charge is 0.417 e. The Morgan fingerprint density at radius 3 is 2.05 bits per heavy atom. The highest BCUT2D eigenvalue weighted by Gasteiger charge is 2.37. The molecule has 43 heavy (non-hydrogen) atoms. The van der Waals surface area contributed by atoms with E-state index < -0.39 is 62.4 Å². The molecule has 3 aromatic rings. The van der Waals surface area contributed by atoms with Crippen molar-refractivity contribution >= 4 is 39.1 Å². The quantitative estimate of drug-likeness (QED) is 0.267. The first-order valence-corrected chi connectivity index (χ1v) is 15.5. The number of hydrogen-bond acceptors (Lipinski definition) is 4. The van der Waals surface area contributed by atoms with Gasteiger partial charge in [-0.1, -0.05) is 67.1 Å². The summed E-state index contributed by atoms with van der Waals surface area (Å²) in [6.45, 7) is 6.31. The summed E-state index contributed by atoms with van der Waals surface area (Å²) in [5, 5.41) is 2.25. The van der Waals surface area contributed by atoms with E-state index in [9.17, 15) is 31.2 Å². The number of carbonyl (C=O) groups excluding carboxylic acids is 2. The molecule has 3 aromatic carbocycles.